The van der Waals surface area contributed by atoms with Gasteiger partial charge >= 0.3 is 0 Å². The Morgan fingerprint density at radius 1 is 1.50 bits per heavy atom. The maximum absolute atomic E-state index is 11.4. The van der Waals surface area contributed by atoms with E-state index in [1.165, 1.54) is 12.8 Å². The van der Waals surface area contributed by atoms with Crippen LogP contribution in [0.3, 0.4) is 0 Å². The van der Waals surface area contributed by atoms with Gasteiger partial charge in [-0.15, -0.1) is 0 Å². The van der Waals surface area contributed by atoms with Crippen molar-refractivity contribution in [3.8, 4) is 0 Å². The third-order valence-electron chi connectivity index (χ3n) is 3.41. The standard InChI is InChI=1S/C11H20N2O/c1-9-4-5-10(7-12-9)8-13-6-2-3-11(13)14/h9-10,12H,2-8H2,1H3. The molecule has 80 valence electrons. The molecule has 0 spiro atoms. The first-order chi connectivity index (χ1) is 6.75. The highest BCUT2D eigenvalue weighted by Gasteiger charge is 2.25. The summed E-state index contributed by atoms with van der Waals surface area (Å²) in [6, 6.07) is 0.667. The fourth-order valence-electron chi connectivity index (χ4n) is 2.42. The summed E-state index contributed by atoms with van der Waals surface area (Å²) in [7, 11) is 0. The van der Waals surface area contributed by atoms with Crippen molar-refractivity contribution in [3.63, 3.8) is 0 Å². The van der Waals surface area contributed by atoms with E-state index in [2.05, 4.69) is 12.2 Å². The molecule has 3 heteroatoms. The predicted molar refractivity (Wildman–Crippen MR) is 56.0 cm³/mol. The summed E-state index contributed by atoms with van der Waals surface area (Å²) in [4.78, 5) is 13.5. The molecule has 2 fully saturated rings. The van der Waals surface area contributed by atoms with Crippen LogP contribution in [0.5, 0.6) is 0 Å². The minimum atomic E-state index is 0.364. The van der Waals surface area contributed by atoms with Gasteiger partial charge in [-0.05, 0) is 38.6 Å². The Balaban J connectivity index is 1.77. The van der Waals surface area contributed by atoms with Gasteiger partial charge < -0.3 is 10.2 Å². The number of carbonyl (C=O) groups is 1. The third kappa shape index (κ3) is 2.27. The summed E-state index contributed by atoms with van der Waals surface area (Å²) in [5.74, 6) is 1.05. The number of amides is 1. The minimum absolute atomic E-state index is 0.364. The summed E-state index contributed by atoms with van der Waals surface area (Å²) < 4.78 is 0. The number of hydrogen-bond acceptors (Lipinski definition) is 2. The Kier molecular flexibility index (Phi) is 3.06. The number of likely N-dealkylation sites (tertiary alicyclic amines) is 1. The fraction of sp³-hybridized carbons (Fsp3) is 0.909. The molecule has 2 unspecified atom stereocenters. The lowest BCUT2D eigenvalue weighted by molar-refractivity contribution is -0.128. The maximum Gasteiger partial charge on any atom is 0.222 e. The van der Waals surface area contributed by atoms with Gasteiger partial charge in [-0.25, -0.2) is 0 Å². The van der Waals surface area contributed by atoms with Crippen LogP contribution in [0.15, 0.2) is 0 Å². The Bertz CT molecular complexity index is 209. The van der Waals surface area contributed by atoms with Gasteiger partial charge in [0.05, 0.1) is 0 Å². The van der Waals surface area contributed by atoms with E-state index in [0.717, 1.165) is 32.5 Å². The van der Waals surface area contributed by atoms with Gasteiger partial charge in [0.1, 0.15) is 0 Å². The number of rotatable bonds is 2. The second-order valence-electron chi connectivity index (χ2n) is 4.70. The molecule has 14 heavy (non-hydrogen) atoms. The fourth-order valence-corrected chi connectivity index (χ4v) is 2.42. The first-order valence-electron chi connectivity index (χ1n) is 5.77. The lowest BCUT2D eigenvalue weighted by atomic mass is 9.95. The van der Waals surface area contributed by atoms with E-state index in [1.54, 1.807) is 0 Å². The lowest BCUT2D eigenvalue weighted by Crippen LogP contribution is -2.42. The highest BCUT2D eigenvalue weighted by atomic mass is 16.2. The molecule has 2 rings (SSSR count). The normalized spacial score (nSPS) is 33.8. The summed E-state index contributed by atoms with van der Waals surface area (Å²) in [5.41, 5.74) is 0. The summed E-state index contributed by atoms with van der Waals surface area (Å²) >= 11 is 0. The molecule has 0 bridgehead atoms. The van der Waals surface area contributed by atoms with Gasteiger partial charge in [0, 0.05) is 25.6 Å². The molecule has 0 aliphatic carbocycles. The number of carbonyl (C=O) groups excluding carboxylic acids is 1. The smallest absolute Gasteiger partial charge is 0.222 e. The second-order valence-corrected chi connectivity index (χ2v) is 4.70. The summed E-state index contributed by atoms with van der Waals surface area (Å²) in [6.45, 7) is 5.30. The highest BCUT2D eigenvalue weighted by molar-refractivity contribution is 5.78. The molecule has 0 aromatic heterocycles. The molecular formula is C11H20N2O. The van der Waals surface area contributed by atoms with Crippen molar-refractivity contribution in [2.24, 2.45) is 5.92 Å². The van der Waals surface area contributed by atoms with Crippen LogP contribution in [-0.4, -0.2) is 36.5 Å². The van der Waals surface area contributed by atoms with Crippen LogP contribution < -0.4 is 5.32 Å². The van der Waals surface area contributed by atoms with Crippen LogP contribution >= 0.6 is 0 Å². The van der Waals surface area contributed by atoms with Gasteiger partial charge in [-0.3, -0.25) is 4.79 Å². The molecule has 1 N–H and O–H groups in total. The average molecular weight is 196 g/mol. The predicted octanol–water partition coefficient (Wildman–Crippen LogP) is 0.997. The van der Waals surface area contributed by atoms with Crippen molar-refractivity contribution in [2.45, 2.75) is 38.6 Å². The van der Waals surface area contributed by atoms with Gasteiger partial charge in [-0.1, -0.05) is 0 Å². The van der Waals surface area contributed by atoms with Gasteiger partial charge in [0.25, 0.3) is 0 Å². The van der Waals surface area contributed by atoms with E-state index in [1.807, 2.05) is 4.90 Å². The monoisotopic (exact) mass is 196 g/mol. The quantitative estimate of drug-likeness (QED) is 0.714. The minimum Gasteiger partial charge on any atom is -0.342 e. The molecule has 2 aliphatic rings. The second kappa shape index (κ2) is 4.30. The highest BCUT2D eigenvalue weighted by Crippen LogP contribution is 2.18. The van der Waals surface area contributed by atoms with Crippen molar-refractivity contribution < 1.29 is 4.79 Å². The first kappa shape index (κ1) is 9.97. The molecule has 0 aromatic rings. The molecule has 2 atom stereocenters. The van der Waals surface area contributed by atoms with E-state index in [-0.39, 0.29) is 0 Å². The molecule has 2 heterocycles. The topological polar surface area (TPSA) is 32.3 Å². The molecule has 0 saturated carbocycles. The van der Waals surface area contributed by atoms with Crippen LogP contribution in [0.1, 0.15) is 32.6 Å². The van der Waals surface area contributed by atoms with Crippen LogP contribution in [0.4, 0.5) is 0 Å². The number of nitrogens with one attached hydrogen (secondary N) is 1. The van der Waals surface area contributed by atoms with Crippen LogP contribution in [-0.2, 0) is 4.79 Å². The van der Waals surface area contributed by atoms with E-state index in [9.17, 15) is 4.79 Å². The van der Waals surface area contributed by atoms with Crippen molar-refractivity contribution in [1.82, 2.24) is 10.2 Å². The number of nitrogens with zero attached hydrogens (tertiary/aromatic N) is 1. The number of piperidine rings is 1. The summed E-state index contributed by atoms with van der Waals surface area (Å²) in [5, 5.41) is 3.48. The first-order valence-corrected chi connectivity index (χ1v) is 5.77. The largest absolute Gasteiger partial charge is 0.342 e. The maximum atomic E-state index is 11.4. The Morgan fingerprint density at radius 2 is 2.36 bits per heavy atom. The van der Waals surface area contributed by atoms with Crippen molar-refractivity contribution in [2.75, 3.05) is 19.6 Å². The van der Waals surface area contributed by atoms with E-state index >= 15 is 0 Å². The van der Waals surface area contributed by atoms with E-state index < -0.39 is 0 Å². The molecule has 3 nitrogen and oxygen atoms in total. The lowest BCUT2D eigenvalue weighted by Gasteiger charge is -2.30. The van der Waals surface area contributed by atoms with Crippen molar-refractivity contribution >= 4 is 5.91 Å². The Labute approximate surface area is 85.8 Å². The van der Waals surface area contributed by atoms with Crippen LogP contribution in [0.2, 0.25) is 0 Å². The molecule has 1 amide bonds. The molecule has 2 aliphatic heterocycles. The van der Waals surface area contributed by atoms with Gasteiger partial charge in [0.2, 0.25) is 5.91 Å². The molecule has 0 aromatic carbocycles. The zero-order valence-corrected chi connectivity index (χ0v) is 8.96. The third-order valence-corrected chi connectivity index (χ3v) is 3.41. The zero-order chi connectivity index (χ0) is 9.97. The molecular weight excluding hydrogens is 176 g/mol. The zero-order valence-electron chi connectivity index (χ0n) is 8.96. The average Bonchev–Trinajstić information content (AvgIpc) is 2.56. The summed E-state index contributed by atoms with van der Waals surface area (Å²) in [6.07, 6.45) is 4.37. The van der Waals surface area contributed by atoms with Crippen molar-refractivity contribution in [3.05, 3.63) is 0 Å². The van der Waals surface area contributed by atoms with E-state index in [4.69, 9.17) is 0 Å². The number of hydrogen-bond donors (Lipinski definition) is 1. The van der Waals surface area contributed by atoms with E-state index in [0.29, 0.717) is 17.9 Å². The van der Waals surface area contributed by atoms with Gasteiger partial charge in [-0.2, -0.15) is 0 Å². The Morgan fingerprint density at radius 3 is 2.93 bits per heavy atom. The van der Waals surface area contributed by atoms with Crippen molar-refractivity contribution in [1.29, 1.82) is 0 Å². The molecule has 0 radical (unpaired) electrons. The molecule has 2 saturated heterocycles. The van der Waals surface area contributed by atoms with Gasteiger partial charge in [0.15, 0.2) is 0 Å². The van der Waals surface area contributed by atoms with Crippen LogP contribution in [0, 0.1) is 5.92 Å². The Hall–Kier alpha value is -0.570. The SMILES string of the molecule is CC1CCC(CN2CCCC2=O)CN1. The van der Waals surface area contributed by atoms with Crippen LogP contribution in [0.25, 0.3) is 0 Å².